The van der Waals surface area contributed by atoms with Gasteiger partial charge in [0.05, 0.1) is 0 Å². The molecule has 29 valence electrons. The van der Waals surface area contributed by atoms with E-state index >= 15 is 0 Å². The average Bonchev–Trinajstić information content (AvgIpc) is 0.811. The van der Waals surface area contributed by atoms with Gasteiger partial charge < -0.3 is 0 Å². The van der Waals surface area contributed by atoms with E-state index in [4.69, 9.17) is 9.79 Å². The Morgan fingerprint density at radius 2 is 1.50 bits per heavy atom. The summed E-state index contributed by atoms with van der Waals surface area (Å²) in [5.74, 6) is 0. The van der Waals surface area contributed by atoms with E-state index < -0.39 is 6.56 Å². The van der Waals surface area contributed by atoms with Gasteiger partial charge in [0.25, 0.3) is 0 Å². The van der Waals surface area contributed by atoms with E-state index in [-0.39, 0.29) is 0 Å². The third-order valence-corrected chi connectivity index (χ3v) is 0. The Morgan fingerprint density at radius 1 is 1.50 bits per heavy atom. The molecule has 0 aliphatic rings. The maximum atomic E-state index is 7.61. The molecule has 0 amide bonds. The summed E-state index contributed by atoms with van der Waals surface area (Å²) in [5, 5.41) is 0. The summed E-state index contributed by atoms with van der Waals surface area (Å²) in [4.78, 5) is 15.2. The molecule has 4 heteroatoms. The minimum absolute atomic E-state index is 1.77. The average molecular weight is 171 g/mol. The van der Waals surface area contributed by atoms with Crippen LogP contribution in [0.1, 0.15) is 0 Å². The van der Waals surface area contributed by atoms with Gasteiger partial charge in [-0.3, -0.25) is 0 Å². The second kappa shape index (κ2) is 2.26. The van der Waals surface area contributed by atoms with Crippen LogP contribution in [0.25, 0.3) is 0 Å². The molecule has 0 unspecified atom stereocenters. The van der Waals surface area contributed by atoms with Crippen LogP contribution >= 0.6 is 6.56 Å². The van der Waals surface area contributed by atoms with Crippen molar-refractivity contribution >= 4 is 6.56 Å². The molecule has 0 aromatic rings. The fourth-order valence-electron chi connectivity index (χ4n) is 0. The molecule has 0 saturated carbocycles. The van der Waals surface area contributed by atoms with E-state index in [1.807, 2.05) is 0 Å². The van der Waals surface area contributed by atoms with Gasteiger partial charge in [0.2, 0.25) is 0 Å². The predicted molar refractivity (Wildman–Crippen MR) is 11.4 cm³/mol. The predicted octanol–water partition coefficient (Wildman–Crippen LogP) is -0.255. The number of hydrogen-bond acceptors (Lipinski definition) is 2. The molecule has 2 N–H and O–H groups in total. The summed E-state index contributed by atoms with van der Waals surface area (Å²) < 4.78 is 0. The summed E-state index contributed by atoms with van der Waals surface area (Å²) in [6, 6.07) is 0. The van der Waals surface area contributed by atoms with Gasteiger partial charge in [0, 0.05) is 0 Å². The second-order valence-corrected chi connectivity index (χ2v) is 2.51. The Labute approximate surface area is 35.6 Å². The first kappa shape index (κ1) is 5.01. The first-order valence-corrected chi connectivity index (χ1v) is 3.71. The Bertz CT molecular complexity index is 10.8. The third-order valence-electron chi connectivity index (χ3n) is 0. The maximum absolute atomic E-state index is 7.61. The summed E-state index contributed by atoms with van der Waals surface area (Å²) in [6.45, 7) is -1.77. The van der Waals surface area contributed by atoms with Crippen molar-refractivity contribution in [3.05, 3.63) is 0 Å². The molecule has 0 aromatic heterocycles. The normalized spacial score (nSPS) is 9.25. The SMILES string of the molecule is O[P](O)[Pd]. The van der Waals surface area contributed by atoms with Crippen molar-refractivity contribution in [3.8, 4) is 0 Å². The van der Waals surface area contributed by atoms with Crippen LogP contribution in [0.3, 0.4) is 0 Å². The molecular formula is H2O2PPd. The van der Waals surface area contributed by atoms with E-state index in [1.165, 1.54) is 0 Å². The Morgan fingerprint density at radius 3 is 1.50 bits per heavy atom. The summed E-state index contributed by atoms with van der Waals surface area (Å²) in [5.41, 5.74) is 0. The van der Waals surface area contributed by atoms with Gasteiger partial charge in [-0.05, 0) is 0 Å². The van der Waals surface area contributed by atoms with Crippen molar-refractivity contribution in [1.29, 1.82) is 0 Å². The van der Waals surface area contributed by atoms with E-state index in [0.29, 0.717) is 0 Å². The third kappa shape index (κ3) is 11.9. The van der Waals surface area contributed by atoms with Crippen LogP contribution in [0.5, 0.6) is 0 Å². The minimum atomic E-state index is -1.77. The zero-order valence-electron chi connectivity index (χ0n) is 1.66. The van der Waals surface area contributed by atoms with Crippen molar-refractivity contribution in [3.63, 3.8) is 0 Å². The van der Waals surface area contributed by atoms with Crippen molar-refractivity contribution in [1.82, 2.24) is 0 Å². The van der Waals surface area contributed by atoms with E-state index in [2.05, 4.69) is 18.7 Å². The fourth-order valence-corrected chi connectivity index (χ4v) is 0. The molecule has 4 heavy (non-hydrogen) atoms. The quantitative estimate of drug-likeness (QED) is 0.390. The van der Waals surface area contributed by atoms with E-state index in [0.717, 1.165) is 0 Å². The number of hydrogen-bond donors (Lipinski definition) is 2. The van der Waals surface area contributed by atoms with Crippen LogP contribution in [0.4, 0.5) is 0 Å². The zero-order valence-corrected chi connectivity index (χ0v) is 4.11. The summed E-state index contributed by atoms with van der Waals surface area (Å²) in [6.07, 6.45) is 0. The van der Waals surface area contributed by atoms with Gasteiger partial charge in [0.15, 0.2) is 0 Å². The van der Waals surface area contributed by atoms with Crippen LogP contribution in [0, 0.1) is 0 Å². The zero-order chi connectivity index (χ0) is 3.58. The molecule has 0 fully saturated rings. The molecule has 0 saturated heterocycles. The van der Waals surface area contributed by atoms with Crippen LogP contribution < -0.4 is 0 Å². The molecule has 0 rings (SSSR count). The fraction of sp³-hybridized carbons (Fsp3) is 0. The first-order valence-electron chi connectivity index (χ1n) is 0.541. The molecule has 0 radical (unpaired) electrons. The molecule has 0 bridgehead atoms. The van der Waals surface area contributed by atoms with E-state index in [9.17, 15) is 0 Å². The van der Waals surface area contributed by atoms with Gasteiger partial charge in [-0.1, -0.05) is 0 Å². The van der Waals surface area contributed by atoms with Gasteiger partial charge in [-0.15, -0.1) is 0 Å². The first-order chi connectivity index (χ1) is 1.73. The monoisotopic (exact) mass is 171 g/mol. The molecule has 0 aromatic carbocycles. The van der Waals surface area contributed by atoms with Crippen molar-refractivity contribution < 1.29 is 28.5 Å². The van der Waals surface area contributed by atoms with Gasteiger partial charge in [-0.25, -0.2) is 0 Å². The van der Waals surface area contributed by atoms with Crippen LogP contribution in [0.15, 0.2) is 0 Å². The molecule has 0 aliphatic heterocycles. The molecule has 0 heterocycles. The van der Waals surface area contributed by atoms with Gasteiger partial charge >= 0.3 is 35.1 Å². The van der Waals surface area contributed by atoms with Crippen molar-refractivity contribution in [2.75, 3.05) is 0 Å². The van der Waals surface area contributed by atoms with E-state index in [1.54, 1.807) is 0 Å². The molecule has 0 spiro atoms. The summed E-state index contributed by atoms with van der Waals surface area (Å²) in [7, 11) is 0. The molecule has 2 nitrogen and oxygen atoms in total. The van der Waals surface area contributed by atoms with Gasteiger partial charge in [0.1, 0.15) is 0 Å². The second-order valence-electron chi connectivity index (χ2n) is 0.216. The van der Waals surface area contributed by atoms with Crippen LogP contribution in [-0.2, 0) is 18.7 Å². The van der Waals surface area contributed by atoms with Crippen LogP contribution in [0.2, 0.25) is 0 Å². The molecule has 0 atom stereocenters. The van der Waals surface area contributed by atoms with Crippen molar-refractivity contribution in [2.24, 2.45) is 0 Å². The van der Waals surface area contributed by atoms with Crippen molar-refractivity contribution in [2.45, 2.75) is 0 Å². The topological polar surface area (TPSA) is 40.5 Å². The Balaban J connectivity index is 2.32. The standard InChI is InChI=1S/H2O2P.Pd/c1-3-2;/h1-2H;/q-1;+1. The number of rotatable bonds is 0. The van der Waals surface area contributed by atoms with Gasteiger partial charge in [-0.2, -0.15) is 0 Å². The molecular weight excluding hydrogens is 169 g/mol. The molecule has 0 aliphatic carbocycles. The summed E-state index contributed by atoms with van der Waals surface area (Å²) >= 11 is 2.23. The van der Waals surface area contributed by atoms with Crippen LogP contribution in [-0.4, -0.2) is 9.79 Å². The Kier molecular flexibility index (Phi) is 2.83. The Hall–Kier alpha value is 1.01.